The number of hydrogen-bond acceptors (Lipinski definition) is 3. The summed E-state index contributed by atoms with van der Waals surface area (Å²) in [7, 11) is 0. The van der Waals surface area contributed by atoms with Gasteiger partial charge in [0.05, 0.1) is 11.0 Å². The third-order valence-corrected chi connectivity index (χ3v) is 7.39. The minimum absolute atomic E-state index is 0.00255. The van der Waals surface area contributed by atoms with Crippen molar-refractivity contribution < 1.29 is 9.59 Å². The van der Waals surface area contributed by atoms with Gasteiger partial charge in [0.2, 0.25) is 17.8 Å². The van der Waals surface area contributed by atoms with Crippen molar-refractivity contribution >= 4 is 28.8 Å². The average Bonchev–Trinajstić information content (AvgIpc) is 3.06. The fourth-order valence-electron chi connectivity index (χ4n) is 6.42. The summed E-state index contributed by atoms with van der Waals surface area (Å²) >= 11 is 0. The first-order valence-electron chi connectivity index (χ1n) is 11.0. The maximum Gasteiger partial charge on any atom is 0.249 e. The average molecular weight is 395 g/mol. The lowest BCUT2D eigenvalue weighted by Crippen LogP contribution is -2.57. The number of hydrogen-bond donors (Lipinski definition) is 3. The van der Waals surface area contributed by atoms with E-state index in [0.29, 0.717) is 23.7 Å². The normalized spacial score (nSPS) is 31.2. The predicted molar refractivity (Wildman–Crippen MR) is 112 cm³/mol. The molecule has 1 unspecified atom stereocenters. The van der Waals surface area contributed by atoms with Crippen LogP contribution in [0.2, 0.25) is 0 Å². The first kappa shape index (κ1) is 18.6. The molecule has 6 rings (SSSR count). The smallest absolute Gasteiger partial charge is 0.249 e. The molecular formula is C23H30N4O2. The molecule has 0 aliphatic heterocycles. The van der Waals surface area contributed by atoms with Crippen molar-refractivity contribution in [1.29, 1.82) is 0 Å². The van der Waals surface area contributed by atoms with Gasteiger partial charge in [-0.05, 0) is 74.3 Å². The number of amides is 2. The summed E-state index contributed by atoms with van der Waals surface area (Å²) in [6.45, 7) is 3.95. The van der Waals surface area contributed by atoms with Crippen molar-refractivity contribution in [3.63, 3.8) is 0 Å². The standard InChI is InChI=1S/C23H30N4O2/c1-13(2)19(20(28)27-22-24-17-5-3-4-6-18(17)25-22)26-21(29)23-10-14-7-15(11-23)9-16(8-14)12-23/h3-6,13-16,19H,7-12H2,1-2H3,(H,26,29)(H2,24,25,27,28). The van der Waals surface area contributed by atoms with Crippen LogP contribution in [0.3, 0.4) is 0 Å². The van der Waals surface area contributed by atoms with Gasteiger partial charge in [0.1, 0.15) is 6.04 Å². The molecule has 6 nitrogen and oxygen atoms in total. The molecule has 0 saturated heterocycles. The van der Waals surface area contributed by atoms with Gasteiger partial charge in [-0.2, -0.15) is 0 Å². The molecule has 0 spiro atoms. The lowest BCUT2D eigenvalue weighted by Gasteiger charge is -2.55. The lowest BCUT2D eigenvalue weighted by atomic mass is 9.49. The zero-order chi connectivity index (χ0) is 20.2. The molecule has 1 heterocycles. The molecule has 2 aromatic rings. The van der Waals surface area contributed by atoms with Gasteiger partial charge in [0.15, 0.2) is 0 Å². The SMILES string of the molecule is CC(C)C(NC(=O)C12CC3CC(CC(C3)C1)C2)C(=O)Nc1nc2ccccc2[nH]1. The Labute approximate surface area is 171 Å². The van der Waals surface area contributed by atoms with E-state index in [1.165, 1.54) is 19.3 Å². The fourth-order valence-corrected chi connectivity index (χ4v) is 6.42. The summed E-state index contributed by atoms with van der Waals surface area (Å²) in [5, 5.41) is 6.01. The Bertz CT molecular complexity index is 879. The first-order valence-corrected chi connectivity index (χ1v) is 11.0. The van der Waals surface area contributed by atoms with Crippen LogP contribution in [-0.4, -0.2) is 27.8 Å². The Morgan fingerprint density at radius 3 is 2.28 bits per heavy atom. The van der Waals surface area contributed by atoms with Gasteiger partial charge in [-0.1, -0.05) is 26.0 Å². The Hall–Kier alpha value is -2.37. The van der Waals surface area contributed by atoms with Crippen LogP contribution < -0.4 is 10.6 Å². The maximum absolute atomic E-state index is 13.4. The van der Waals surface area contributed by atoms with Gasteiger partial charge in [0, 0.05) is 5.41 Å². The number of anilines is 1. The number of para-hydroxylation sites is 2. The molecule has 4 saturated carbocycles. The molecule has 1 atom stereocenters. The molecule has 4 aliphatic carbocycles. The van der Waals surface area contributed by atoms with Crippen molar-refractivity contribution in [2.75, 3.05) is 5.32 Å². The highest BCUT2D eigenvalue weighted by atomic mass is 16.2. The molecule has 4 fully saturated rings. The summed E-state index contributed by atoms with van der Waals surface area (Å²) < 4.78 is 0. The van der Waals surface area contributed by atoms with E-state index in [-0.39, 0.29) is 23.1 Å². The Kier molecular flexibility index (Phi) is 4.41. The number of carbonyl (C=O) groups is 2. The van der Waals surface area contributed by atoms with Crippen LogP contribution in [-0.2, 0) is 9.59 Å². The van der Waals surface area contributed by atoms with Crippen LogP contribution in [0.15, 0.2) is 24.3 Å². The molecule has 4 bridgehead atoms. The second-order valence-electron chi connectivity index (χ2n) is 9.98. The second-order valence-corrected chi connectivity index (χ2v) is 9.98. The number of benzene rings is 1. The highest BCUT2D eigenvalue weighted by molar-refractivity contribution is 5.98. The van der Waals surface area contributed by atoms with Crippen molar-refractivity contribution in [2.45, 2.75) is 58.4 Å². The van der Waals surface area contributed by atoms with E-state index in [4.69, 9.17) is 0 Å². The lowest BCUT2D eigenvalue weighted by molar-refractivity contribution is -0.148. The highest BCUT2D eigenvalue weighted by Gasteiger charge is 2.55. The molecule has 2 amide bonds. The number of carbonyl (C=O) groups excluding carboxylic acids is 2. The van der Waals surface area contributed by atoms with Crippen LogP contribution in [0.4, 0.5) is 5.95 Å². The molecule has 154 valence electrons. The number of imidazole rings is 1. The number of aromatic nitrogens is 2. The Morgan fingerprint density at radius 1 is 1.07 bits per heavy atom. The third-order valence-electron chi connectivity index (χ3n) is 7.39. The topological polar surface area (TPSA) is 86.9 Å². The van der Waals surface area contributed by atoms with Gasteiger partial charge < -0.3 is 10.3 Å². The van der Waals surface area contributed by atoms with Crippen molar-refractivity contribution in [3.8, 4) is 0 Å². The van der Waals surface area contributed by atoms with Crippen molar-refractivity contribution in [2.24, 2.45) is 29.1 Å². The second kappa shape index (κ2) is 6.85. The summed E-state index contributed by atoms with van der Waals surface area (Å²) in [5.74, 6) is 2.41. The van der Waals surface area contributed by atoms with Crippen molar-refractivity contribution in [1.82, 2.24) is 15.3 Å². The van der Waals surface area contributed by atoms with E-state index in [2.05, 4.69) is 20.6 Å². The molecule has 1 aromatic heterocycles. The third kappa shape index (κ3) is 3.32. The molecule has 1 aromatic carbocycles. The Balaban J connectivity index is 1.31. The van der Waals surface area contributed by atoms with Crippen LogP contribution in [0.5, 0.6) is 0 Å². The van der Waals surface area contributed by atoms with E-state index in [0.717, 1.165) is 30.3 Å². The fraction of sp³-hybridized carbons (Fsp3) is 0.609. The molecule has 3 N–H and O–H groups in total. The van der Waals surface area contributed by atoms with Gasteiger partial charge in [-0.25, -0.2) is 4.98 Å². The minimum Gasteiger partial charge on any atom is -0.344 e. The van der Waals surface area contributed by atoms with Crippen molar-refractivity contribution in [3.05, 3.63) is 24.3 Å². The van der Waals surface area contributed by atoms with Crippen LogP contribution in [0.1, 0.15) is 52.4 Å². The van der Waals surface area contributed by atoms with Crippen LogP contribution in [0.25, 0.3) is 11.0 Å². The zero-order valence-corrected chi connectivity index (χ0v) is 17.2. The zero-order valence-electron chi connectivity index (χ0n) is 17.2. The van der Waals surface area contributed by atoms with Gasteiger partial charge in [-0.3, -0.25) is 14.9 Å². The summed E-state index contributed by atoms with van der Waals surface area (Å²) in [6.07, 6.45) is 6.90. The first-order chi connectivity index (χ1) is 13.9. The minimum atomic E-state index is -0.566. The number of fused-ring (bicyclic) bond motifs is 1. The molecule has 4 aliphatic rings. The van der Waals surface area contributed by atoms with Gasteiger partial charge in [0.25, 0.3) is 0 Å². The van der Waals surface area contributed by atoms with E-state index < -0.39 is 6.04 Å². The number of nitrogens with zero attached hydrogens (tertiary/aromatic N) is 1. The van der Waals surface area contributed by atoms with Gasteiger partial charge in [-0.15, -0.1) is 0 Å². The monoisotopic (exact) mass is 394 g/mol. The van der Waals surface area contributed by atoms with E-state index >= 15 is 0 Å². The highest BCUT2D eigenvalue weighted by Crippen LogP contribution is 2.60. The van der Waals surface area contributed by atoms with E-state index in [9.17, 15) is 9.59 Å². The quantitative estimate of drug-likeness (QED) is 0.720. The van der Waals surface area contributed by atoms with Gasteiger partial charge >= 0.3 is 0 Å². The van der Waals surface area contributed by atoms with Crippen LogP contribution >= 0.6 is 0 Å². The van der Waals surface area contributed by atoms with E-state index in [1.807, 2.05) is 38.1 Å². The predicted octanol–water partition coefficient (Wildman–Crippen LogP) is 3.86. The summed E-state index contributed by atoms with van der Waals surface area (Å²) in [5.41, 5.74) is 1.43. The van der Waals surface area contributed by atoms with Crippen LogP contribution in [0, 0.1) is 29.1 Å². The summed E-state index contributed by atoms with van der Waals surface area (Å²) in [6, 6.07) is 7.10. The van der Waals surface area contributed by atoms with E-state index in [1.54, 1.807) is 0 Å². The number of nitrogens with one attached hydrogen (secondary N) is 3. The molecular weight excluding hydrogens is 364 g/mol. The molecule has 0 radical (unpaired) electrons. The molecule has 29 heavy (non-hydrogen) atoms. The largest absolute Gasteiger partial charge is 0.344 e. The maximum atomic E-state index is 13.4. The Morgan fingerprint density at radius 2 is 1.69 bits per heavy atom. The molecule has 6 heteroatoms. The number of aromatic amines is 1. The number of H-pyrrole nitrogens is 1. The number of rotatable bonds is 5. The summed E-state index contributed by atoms with van der Waals surface area (Å²) in [4.78, 5) is 34.0.